The monoisotopic (exact) mass is 471 g/mol. The number of piperazine rings is 1. The van der Waals surface area contributed by atoms with Crippen molar-refractivity contribution in [2.24, 2.45) is 0 Å². The first-order valence-electron chi connectivity index (χ1n) is 11.6. The highest BCUT2D eigenvalue weighted by molar-refractivity contribution is 7.12. The summed E-state index contributed by atoms with van der Waals surface area (Å²) in [6.07, 6.45) is 4.02. The Bertz CT molecular complexity index is 1340. The molecule has 0 aliphatic carbocycles. The van der Waals surface area contributed by atoms with Crippen LogP contribution in [0.15, 0.2) is 53.9 Å². The van der Waals surface area contributed by atoms with Crippen LogP contribution >= 0.6 is 11.3 Å². The molecule has 0 spiro atoms. The van der Waals surface area contributed by atoms with Crippen molar-refractivity contribution < 1.29 is 4.79 Å². The summed E-state index contributed by atoms with van der Waals surface area (Å²) in [4.78, 5) is 16.3. The molecule has 1 aliphatic rings. The third-order valence-electron chi connectivity index (χ3n) is 6.38. The largest absolute Gasteiger partial charge is 0.321 e. The summed E-state index contributed by atoms with van der Waals surface area (Å²) < 4.78 is 0. The maximum Gasteiger partial charge on any atom is 0.266 e. The van der Waals surface area contributed by atoms with Crippen LogP contribution in [0.25, 0.3) is 23.1 Å². The second kappa shape index (κ2) is 9.93. The standard InChI is InChI=1S/C27H29N5OS/c1-18-11-14-34-26(18)27(33)29-25-15-20(17-32-13-12-28-16-19(32)2)7-8-21(25)9-10-24-22-5-3-4-6-23(22)30-31-24/h3-11,14-15,19,28H,12-13,16-17H2,1-2H3,(H,29,33)(H,30,31)/b10-9+/t19-/m1/s1. The van der Waals surface area contributed by atoms with Crippen molar-refractivity contribution in [3.05, 3.63) is 81.2 Å². The number of nitrogens with one attached hydrogen (secondary N) is 3. The quantitative estimate of drug-likeness (QED) is 0.364. The van der Waals surface area contributed by atoms with E-state index in [1.165, 1.54) is 16.9 Å². The molecule has 1 amide bonds. The van der Waals surface area contributed by atoms with Gasteiger partial charge in [0.25, 0.3) is 5.91 Å². The first kappa shape index (κ1) is 22.5. The number of aromatic amines is 1. The minimum absolute atomic E-state index is 0.0694. The molecule has 2 aromatic carbocycles. The van der Waals surface area contributed by atoms with Crippen molar-refractivity contribution in [1.29, 1.82) is 0 Å². The molecule has 1 fully saturated rings. The van der Waals surface area contributed by atoms with Gasteiger partial charge >= 0.3 is 0 Å². The number of rotatable bonds is 6. The summed E-state index contributed by atoms with van der Waals surface area (Å²) in [5.41, 5.74) is 5.83. The van der Waals surface area contributed by atoms with E-state index >= 15 is 0 Å². The normalized spacial score (nSPS) is 16.9. The number of aromatic nitrogens is 2. The van der Waals surface area contributed by atoms with E-state index in [0.717, 1.165) is 64.5 Å². The summed E-state index contributed by atoms with van der Waals surface area (Å²) in [5.74, 6) is -0.0694. The van der Waals surface area contributed by atoms with E-state index in [-0.39, 0.29) is 5.91 Å². The third kappa shape index (κ3) is 4.82. The van der Waals surface area contributed by atoms with E-state index in [1.54, 1.807) is 0 Å². The van der Waals surface area contributed by atoms with Crippen LogP contribution in [0.5, 0.6) is 0 Å². The number of amides is 1. The maximum absolute atomic E-state index is 13.0. The van der Waals surface area contributed by atoms with Crippen LogP contribution < -0.4 is 10.6 Å². The predicted molar refractivity (Wildman–Crippen MR) is 141 cm³/mol. The first-order chi connectivity index (χ1) is 16.6. The minimum atomic E-state index is -0.0694. The molecule has 7 heteroatoms. The molecule has 6 nitrogen and oxygen atoms in total. The molecule has 2 aromatic heterocycles. The number of aryl methyl sites for hydroxylation is 1. The second-order valence-electron chi connectivity index (χ2n) is 8.82. The van der Waals surface area contributed by atoms with Crippen molar-refractivity contribution in [2.45, 2.75) is 26.4 Å². The van der Waals surface area contributed by atoms with Crippen molar-refractivity contribution in [3.8, 4) is 0 Å². The van der Waals surface area contributed by atoms with Crippen LogP contribution in [-0.4, -0.2) is 46.7 Å². The van der Waals surface area contributed by atoms with E-state index < -0.39 is 0 Å². The molecule has 5 rings (SSSR count). The Morgan fingerprint density at radius 2 is 2.12 bits per heavy atom. The molecule has 3 heterocycles. The van der Waals surface area contributed by atoms with Crippen molar-refractivity contribution in [3.63, 3.8) is 0 Å². The van der Waals surface area contributed by atoms with Gasteiger partial charge in [-0.15, -0.1) is 11.3 Å². The van der Waals surface area contributed by atoms with Gasteiger partial charge in [-0.25, -0.2) is 0 Å². The highest BCUT2D eigenvalue weighted by atomic mass is 32.1. The van der Waals surface area contributed by atoms with Crippen LogP contribution in [0.2, 0.25) is 0 Å². The summed E-state index contributed by atoms with van der Waals surface area (Å²) in [6.45, 7) is 8.10. The number of para-hydroxylation sites is 1. The number of fused-ring (bicyclic) bond motifs is 1. The number of thiophene rings is 1. The second-order valence-corrected chi connectivity index (χ2v) is 9.74. The summed E-state index contributed by atoms with van der Waals surface area (Å²) >= 11 is 1.47. The molecule has 0 unspecified atom stereocenters. The third-order valence-corrected chi connectivity index (χ3v) is 7.39. The molecule has 0 radical (unpaired) electrons. The lowest BCUT2D eigenvalue weighted by Gasteiger charge is -2.34. The molecule has 1 aliphatic heterocycles. The smallest absolute Gasteiger partial charge is 0.266 e. The van der Waals surface area contributed by atoms with Gasteiger partial charge in [0.1, 0.15) is 0 Å². The van der Waals surface area contributed by atoms with Gasteiger partial charge in [0, 0.05) is 43.3 Å². The predicted octanol–water partition coefficient (Wildman–Crippen LogP) is 5.15. The van der Waals surface area contributed by atoms with Crippen molar-refractivity contribution in [1.82, 2.24) is 20.4 Å². The Hall–Kier alpha value is -3.26. The van der Waals surface area contributed by atoms with Gasteiger partial charge in [0.2, 0.25) is 0 Å². The Morgan fingerprint density at radius 3 is 2.94 bits per heavy atom. The molecule has 4 aromatic rings. The van der Waals surface area contributed by atoms with Crippen molar-refractivity contribution >= 4 is 46.0 Å². The van der Waals surface area contributed by atoms with E-state index in [1.807, 2.05) is 48.7 Å². The zero-order valence-electron chi connectivity index (χ0n) is 19.5. The van der Waals surface area contributed by atoms with Gasteiger partial charge in [-0.2, -0.15) is 5.10 Å². The molecular formula is C27H29N5OS. The maximum atomic E-state index is 13.0. The molecular weight excluding hydrogens is 442 g/mol. The Morgan fingerprint density at radius 1 is 1.24 bits per heavy atom. The van der Waals surface area contributed by atoms with E-state index in [2.05, 4.69) is 56.9 Å². The molecule has 34 heavy (non-hydrogen) atoms. The van der Waals surface area contributed by atoms with Crippen molar-refractivity contribution in [2.75, 3.05) is 25.0 Å². The lowest BCUT2D eigenvalue weighted by Crippen LogP contribution is -2.49. The average Bonchev–Trinajstić information content (AvgIpc) is 3.46. The molecule has 1 saturated heterocycles. The van der Waals surface area contributed by atoms with E-state index in [9.17, 15) is 4.79 Å². The molecule has 1 atom stereocenters. The summed E-state index contributed by atoms with van der Waals surface area (Å²) in [5, 5.41) is 17.2. The summed E-state index contributed by atoms with van der Waals surface area (Å²) in [7, 11) is 0. The molecule has 0 saturated carbocycles. The number of carbonyl (C=O) groups is 1. The van der Waals surface area contributed by atoms with Gasteiger partial charge in [0.15, 0.2) is 0 Å². The van der Waals surface area contributed by atoms with Crippen LogP contribution in [-0.2, 0) is 6.54 Å². The Labute approximate surface area is 203 Å². The fourth-order valence-corrected chi connectivity index (χ4v) is 5.19. The van der Waals surface area contributed by atoms with E-state index in [0.29, 0.717) is 6.04 Å². The van der Waals surface area contributed by atoms with Gasteiger partial charge in [-0.05, 0) is 60.2 Å². The Balaban J connectivity index is 1.45. The van der Waals surface area contributed by atoms with Gasteiger partial charge in [0.05, 0.1) is 16.1 Å². The number of hydrogen-bond donors (Lipinski definition) is 3. The van der Waals surface area contributed by atoms with E-state index in [4.69, 9.17) is 0 Å². The number of anilines is 1. The number of carbonyl (C=O) groups excluding carboxylic acids is 1. The highest BCUT2D eigenvalue weighted by Crippen LogP contribution is 2.26. The summed E-state index contributed by atoms with van der Waals surface area (Å²) in [6, 6.07) is 16.9. The lowest BCUT2D eigenvalue weighted by atomic mass is 10.1. The fourth-order valence-electron chi connectivity index (χ4n) is 4.37. The molecule has 3 N–H and O–H groups in total. The zero-order chi connectivity index (χ0) is 23.5. The molecule has 0 bridgehead atoms. The van der Waals surface area contributed by atoms with Gasteiger partial charge in [-0.3, -0.25) is 14.8 Å². The van der Waals surface area contributed by atoms with Gasteiger partial charge < -0.3 is 10.6 Å². The number of hydrogen-bond acceptors (Lipinski definition) is 5. The zero-order valence-corrected chi connectivity index (χ0v) is 20.3. The number of H-pyrrole nitrogens is 1. The fraction of sp³-hybridized carbons (Fsp3) is 0.259. The van der Waals surface area contributed by atoms with Crippen LogP contribution in [0.3, 0.4) is 0 Å². The highest BCUT2D eigenvalue weighted by Gasteiger charge is 2.19. The molecule has 174 valence electrons. The number of nitrogens with zero attached hydrogens (tertiary/aromatic N) is 2. The van der Waals surface area contributed by atoms with Crippen LogP contribution in [0.4, 0.5) is 5.69 Å². The SMILES string of the molecule is Cc1ccsc1C(=O)Nc1cc(CN2CCNC[C@H]2C)ccc1/C=C/c1n[nH]c2ccccc12. The minimum Gasteiger partial charge on any atom is -0.321 e. The van der Waals surface area contributed by atoms with Crippen LogP contribution in [0.1, 0.15) is 39.0 Å². The first-order valence-corrected chi connectivity index (χ1v) is 12.5. The Kier molecular flexibility index (Phi) is 6.58. The average molecular weight is 472 g/mol. The van der Waals surface area contributed by atoms with Crippen LogP contribution in [0, 0.1) is 6.92 Å². The number of benzene rings is 2. The lowest BCUT2D eigenvalue weighted by molar-refractivity contribution is 0.103. The topological polar surface area (TPSA) is 73.1 Å². The van der Waals surface area contributed by atoms with Gasteiger partial charge in [-0.1, -0.05) is 36.4 Å².